The second-order valence-corrected chi connectivity index (χ2v) is 3.93. The van der Waals surface area contributed by atoms with E-state index in [0.717, 1.165) is 0 Å². The van der Waals surface area contributed by atoms with E-state index in [1.165, 1.54) is 0 Å². The average molecular weight is 254 g/mol. The summed E-state index contributed by atoms with van der Waals surface area (Å²) in [7, 11) is 1.55. The van der Waals surface area contributed by atoms with E-state index in [1.807, 2.05) is 0 Å². The summed E-state index contributed by atoms with van der Waals surface area (Å²) in [6, 6.07) is 0. The Morgan fingerprint density at radius 1 is 1.47 bits per heavy atom. The lowest BCUT2D eigenvalue weighted by Crippen LogP contribution is -2.53. The van der Waals surface area contributed by atoms with Gasteiger partial charge >= 0.3 is 6.18 Å². The van der Waals surface area contributed by atoms with Gasteiger partial charge in [0.2, 0.25) is 5.96 Å². The van der Waals surface area contributed by atoms with E-state index in [2.05, 4.69) is 15.7 Å². The molecule has 1 fully saturated rings. The molecule has 8 heteroatoms. The average Bonchev–Trinajstić information content (AvgIpc) is 3.03. The van der Waals surface area contributed by atoms with Gasteiger partial charge in [0.05, 0.1) is 0 Å². The van der Waals surface area contributed by atoms with Gasteiger partial charge in [0.25, 0.3) is 0 Å². The number of nitrogens with one attached hydrogen (secondary N) is 2. The van der Waals surface area contributed by atoms with Crippen LogP contribution < -0.4 is 16.6 Å². The largest absolute Gasteiger partial charge is 0.411 e. The van der Waals surface area contributed by atoms with E-state index in [4.69, 9.17) is 10.6 Å². The highest BCUT2D eigenvalue weighted by molar-refractivity contribution is 5.80. The third-order valence-corrected chi connectivity index (χ3v) is 2.56. The zero-order chi connectivity index (χ0) is 12.9. The number of hydrogen-bond donors (Lipinski definition) is 3. The Morgan fingerprint density at radius 2 is 2.12 bits per heavy atom. The number of rotatable bonds is 5. The molecule has 0 aromatic rings. The Morgan fingerprint density at radius 3 is 2.53 bits per heavy atom. The van der Waals surface area contributed by atoms with E-state index < -0.39 is 11.7 Å². The van der Waals surface area contributed by atoms with Crippen molar-refractivity contribution in [3.8, 4) is 0 Å². The predicted molar refractivity (Wildman–Crippen MR) is 57.3 cm³/mol. The second kappa shape index (κ2) is 5.54. The maximum absolute atomic E-state index is 12.6. The molecule has 0 unspecified atom stereocenters. The Bertz CT molecular complexity index is 276. The van der Waals surface area contributed by atoms with Crippen LogP contribution in [0.4, 0.5) is 13.2 Å². The van der Waals surface area contributed by atoms with Crippen molar-refractivity contribution in [2.75, 3.05) is 20.3 Å². The van der Waals surface area contributed by atoms with Crippen LogP contribution in [0.15, 0.2) is 4.99 Å². The molecule has 0 amide bonds. The molecule has 0 spiro atoms. The second-order valence-electron chi connectivity index (χ2n) is 3.93. The fraction of sp³-hybridized carbons (Fsp3) is 0.889. The number of hydrogen-bond acceptors (Lipinski definition) is 3. The number of alkyl halides is 3. The Balaban J connectivity index is 2.47. The van der Waals surface area contributed by atoms with E-state index in [-0.39, 0.29) is 18.8 Å². The lowest BCUT2D eigenvalue weighted by atomic mass is 10.2. The number of nitrogens with zero attached hydrogens (tertiary/aromatic N) is 1. The number of guanidine groups is 1. The standard InChI is InChI=1S/C9H17F3N4O/c1-17-6-2-5-14-7(16-13)15-8(3-4-8)9(10,11)12/h2-6,13H2,1H3,(H2,14,15,16). The molecular formula is C9H17F3N4O. The maximum atomic E-state index is 12.6. The van der Waals surface area contributed by atoms with Gasteiger partial charge in [-0.2, -0.15) is 13.2 Å². The van der Waals surface area contributed by atoms with Crippen molar-refractivity contribution in [3.63, 3.8) is 0 Å². The lowest BCUT2D eigenvalue weighted by molar-refractivity contribution is -0.161. The highest BCUT2D eigenvalue weighted by atomic mass is 19.4. The minimum Gasteiger partial charge on any atom is -0.385 e. The van der Waals surface area contributed by atoms with Crippen molar-refractivity contribution in [1.29, 1.82) is 0 Å². The number of nitrogens with two attached hydrogens (primary N) is 1. The van der Waals surface area contributed by atoms with Crippen LogP contribution in [0.3, 0.4) is 0 Å². The van der Waals surface area contributed by atoms with Gasteiger partial charge < -0.3 is 10.1 Å². The van der Waals surface area contributed by atoms with Crippen LogP contribution in [0.2, 0.25) is 0 Å². The van der Waals surface area contributed by atoms with Crippen LogP contribution in [0.1, 0.15) is 19.3 Å². The van der Waals surface area contributed by atoms with Crippen molar-refractivity contribution < 1.29 is 17.9 Å². The van der Waals surface area contributed by atoms with Crippen molar-refractivity contribution in [2.24, 2.45) is 10.8 Å². The third kappa shape index (κ3) is 3.74. The Hall–Kier alpha value is -1.02. The molecule has 0 radical (unpaired) electrons. The first-order valence-electron chi connectivity index (χ1n) is 5.30. The third-order valence-electron chi connectivity index (χ3n) is 2.56. The summed E-state index contributed by atoms with van der Waals surface area (Å²) in [6.07, 6.45) is -3.55. The highest BCUT2D eigenvalue weighted by Gasteiger charge is 2.64. The molecule has 100 valence electrons. The number of methoxy groups -OCH3 is 1. The number of aliphatic imine (C=N–C) groups is 1. The fourth-order valence-corrected chi connectivity index (χ4v) is 1.35. The summed E-state index contributed by atoms with van der Waals surface area (Å²) in [5, 5.41) is 2.32. The minimum absolute atomic E-state index is 0.0315. The molecule has 17 heavy (non-hydrogen) atoms. The SMILES string of the molecule is COCCCN=C(NN)NC1(C(F)(F)F)CC1. The fourth-order valence-electron chi connectivity index (χ4n) is 1.35. The van der Waals surface area contributed by atoms with Crippen molar-refractivity contribution in [1.82, 2.24) is 10.7 Å². The quantitative estimate of drug-likeness (QED) is 0.220. The first kappa shape index (κ1) is 14.0. The van der Waals surface area contributed by atoms with Gasteiger partial charge in [0, 0.05) is 20.3 Å². The molecule has 1 aliphatic rings. The summed E-state index contributed by atoms with van der Waals surface area (Å²) < 4.78 is 42.7. The summed E-state index contributed by atoms with van der Waals surface area (Å²) in [5.74, 6) is 5.09. The molecule has 0 aromatic heterocycles. The van der Waals surface area contributed by atoms with Gasteiger partial charge in [0.15, 0.2) is 0 Å². The van der Waals surface area contributed by atoms with E-state index in [0.29, 0.717) is 19.6 Å². The Labute approximate surface area is 97.6 Å². The van der Waals surface area contributed by atoms with Gasteiger partial charge in [-0.25, -0.2) is 5.84 Å². The molecule has 0 aromatic carbocycles. The van der Waals surface area contributed by atoms with Crippen molar-refractivity contribution in [2.45, 2.75) is 31.0 Å². The molecular weight excluding hydrogens is 237 g/mol. The maximum Gasteiger partial charge on any atom is 0.411 e. The normalized spacial score (nSPS) is 19.0. The van der Waals surface area contributed by atoms with Crippen LogP contribution >= 0.6 is 0 Å². The summed E-state index contributed by atoms with van der Waals surface area (Å²) in [6.45, 7) is 0.861. The van der Waals surface area contributed by atoms with Crippen molar-refractivity contribution >= 4 is 5.96 Å². The number of ether oxygens (including phenoxy) is 1. The molecule has 0 heterocycles. The zero-order valence-corrected chi connectivity index (χ0v) is 9.60. The first-order chi connectivity index (χ1) is 7.95. The summed E-state index contributed by atoms with van der Waals surface area (Å²) >= 11 is 0. The van der Waals surface area contributed by atoms with Crippen LogP contribution in [-0.4, -0.2) is 37.9 Å². The van der Waals surface area contributed by atoms with E-state index in [1.54, 1.807) is 7.11 Å². The molecule has 1 saturated carbocycles. The lowest BCUT2D eigenvalue weighted by Gasteiger charge is -2.22. The molecule has 0 bridgehead atoms. The van der Waals surface area contributed by atoms with Crippen molar-refractivity contribution in [3.05, 3.63) is 0 Å². The molecule has 0 saturated heterocycles. The Kier molecular flexibility index (Phi) is 4.58. The highest BCUT2D eigenvalue weighted by Crippen LogP contribution is 2.48. The number of hydrazine groups is 1. The monoisotopic (exact) mass is 254 g/mol. The molecule has 1 aliphatic carbocycles. The van der Waals surface area contributed by atoms with E-state index in [9.17, 15) is 13.2 Å². The van der Waals surface area contributed by atoms with Gasteiger partial charge in [0.1, 0.15) is 5.54 Å². The minimum atomic E-state index is -4.28. The molecule has 5 nitrogen and oxygen atoms in total. The first-order valence-corrected chi connectivity index (χ1v) is 5.30. The van der Waals surface area contributed by atoms with Crippen LogP contribution in [0.25, 0.3) is 0 Å². The van der Waals surface area contributed by atoms with Crippen LogP contribution in [0.5, 0.6) is 0 Å². The molecule has 4 N–H and O–H groups in total. The summed E-state index contributed by atoms with van der Waals surface area (Å²) in [4.78, 5) is 3.91. The molecule has 1 rings (SSSR count). The predicted octanol–water partition coefficient (Wildman–Crippen LogP) is 0.527. The summed E-state index contributed by atoms with van der Waals surface area (Å²) in [5.41, 5.74) is 0.297. The smallest absolute Gasteiger partial charge is 0.385 e. The topological polar surface area (TPSA) is 71.7 Å². The van der Waals surface area contributed by atoms with Gasteiger partial charge in [-0.05, 0) is 19.3 Å². The van der Waals surface area contributed by atoms with Crippen LogP contribution in [0, 0.1) is 0 Å². The van der Waals surface area contributed by atoms with Crippen LogP contribution in [-0.2, 0) is 4.74 Å². The zero-order valence-electron chi connectivity index (χ0n) is 9.60. The van der Waals surface area contributed by atoms with Gasteiger partial charge in [-0.3, -0.25) is 10.4 Å². The van der Waals surface area contributed by atoms with Gasteiger partial charge in [-0.15, -0.1) is 0 Å². The van der Waals surface area contributed by atoms with E-state index >= 15 is 0 Å². The van der Waals surface area contributed by atoms with Gasteiger partial charge in [-0.1, -0.05) is 0 Å². The molecule has 0 atom stereocenters. The molecule has 0 aliphatic heterocycles. The number of halogens is 3.